The lowest BCUT2D eigenvalue weighted by atomic mass is 9.80. The summed E-state index contributed by atoms with van der Waals surface area (Å²) in [6.45, 7) is 2.12. The van der Waals surface area contributed by atoms with Gasteiger partial charge in [0.2, 0.25) is 0 Å². The van der Waals surface area contributed by atoms with Crippen LogP contribution >= 0.6 is 22.9 Å². The maximum atomic E-state index is 13.4. The lowest BCUT2D eigenvalue weighted by Gasteiger charge is -2.38. The van der Waals surface area contributed by atoms with Crippen LogP contribution in [-0.4, -0.2) is 7.11 Å². The summed E-state index contributed by atoms with van der Waals surface area (Å²) in [5, 5.41) is 4.16. The maximum Gasteiger partial charge on any atom is 0.195 e. The van der Waals surface area contributed by atoms with Crippen LogP contribution in [-0.2, 0) is 5.60 Å². The van der Waals surface area contributed by atoms with Gasteiger partial charge in [-0.05, 0) is 72.2 Å². The molecule has 218 valence electrons. The fourth-order valence-corrected chi connectivity index (χ4v) is 7.68. The highest BCUT2D eigenvalue weighted by atomic mass is 35.5. The molecule has 0 radical (unpaired) electrons. The number of halogens is 1. The Morgan fingerprint density at radius 3 is 2.04 bits per heavy atom. The molecule has 0 amide bonds. The van der Waals surface area contributed by atoms with Crippen LogP contribution in [0.2, 0.25) is 5.02 Å². The SMILES string of the molecule is COc1cc2c(c3ccccc13)OC(c1ccc(Cl)cc1)(c1ccc(-c3ccc4sc5ccccc5c(=O)c4c3)cc1)C=C2C. The molecular weight excluding hydrogens is 596 g/mol. The van der Waals surface area contributed by atoms with Crippen molar-refractivity contribution < 1.29 is 9.47 Å². The summed E-state index contributed by atoms with van der Waals surface area (Å²) in [5.41, 5.74) is 5.24. The molecule has 6 aromatic carbocycles. The van der Waals surface area contributed by atoms with Gasteiger partial charge in [0.05, 0.1) is 7.11 Å². The van der Waals surface area contributed by atoms with E-state index in [-0.39, 0.29) is 5.43 Å². The van der Waals surface area contributed by atoms with E-state index in [1.807, 2.05) is 66.7 Å². The zero-order valence-electron chi connectivity index (χ0n) is 24.6. The monoisotopic (exact) mass is 622 g/mol. The molecule has 1 unspecified atom stereocenters. The standard InChI is InChI=1S/C40H27ClO3S/c1-24-23-40(28-16-18-29(41)19-17-28,44-39-31-8-4-3-7-30(31)35(43-2)22-33(24)39)27-14-11-25(12-15-27)26-13-20-37-34(21-26)38(42)32-9-5-6-10-36(32)45-37/h3-23H,1-2H3. The number of fused-ring (bicyclic) bond motifs is 5. The van der Waals surface area contributed by atoms with E-state index in [1.165, 1.54) is 0 Å². The second-order valence-corrected chi connectivity index (χ2v) is 12.9. The van der Waals surface area contributed by atoms with E-state index >= 15 is 0 Å². The van der Waals surface area contributed by atoms with Gasteiger partial charge in [0.25, 0.3) is 0 Å². The fraction of sp³-hybridized carbons (Fsp3) is 0.0750. The van der Waals surface area contributed by atoms with Gasteiger partial charge in [-0.2, -0.15) is 0 Å². The van der Waals surface area contributed by atoms with Crippen molar-refractivity contribution in [3.63, 3.8) is 0 Å². The lowest BCUT2D eigenvalue weighted by molar-refractivity contribution is 0.162. The smallest absolute Gasteiger partial charge is 0.195 e. The lowest BCUT2D eigenvalue weighted by Crippen LogP contribution is -2.35. The second kappa shape index (κ2) is 10.6. The normalized spacial score (nSPS) is 15.9. The summed E-state index contributed by atoms with van der Waals surface area (Å²) in [7, 11) is 1.70. The van der Waals surface area contributed by atoms with Crippen LogP contribution in [0.15, 0.2) is 132 Å². The summed E-state index contributed by atoms with van der Waals surface area (Å²) in [4.78, 5) is 13.4. The zero-order chi connectivity index (χ0) is 30.7. The molecule has 1 aliphatic rings. The Hall–Kier alpha value is -4.90. The molecule has 45 heavy (non-hydrogen) atoms. The van der Waals surface area contributed by atoms with Gasteiger partial charge in [0, 0.05) is 52.7 Å². The quantitative estimate of drug-likeness (QED) is 0.183. The first-order valence-electron chi connectivity index (χ1n) is 14.8. The summed E-state index contributed by atoms with van der Waals surface area (Å²) >= 11 is 7.99. The molecule has 3 nitrogen and oxygen atoms in total. The molecule has 1 atom stereocenters. The zero-order valence-corrected chi connectivity index (χ0v) is 26.2. The van der Waals surface area contributed by atoms with Crippen molar-refractivity contribution in [2.45, 2.75) is 12.5 Å². The number of ether oxygens (including phenoxy) is 2. The van der Waals surface area contributed by atoms with Crippen LogP contribution < -0.4 is 14.9 Å². The summed E-state index contributed by atoms with van der Waals surface area (Å²) in [6, 6.07) is 40.5. The third kappa shape index (κ3) is 4.44. The van der Waals surface area contributed by atoms with Crippen LogP contribution in [0.4, 0.5) is 0 Å². The number of allylic oxidation sites excluding steroid dienone is 1. The van der Waals surface area contributed by atoms with Crippen molar-refractivity contribution in [3.05, 3.63) is 159 Å². The molecule has 0 bridgehead atoms. The van der Waals surface area contributed by atoms with E-state index < -0.39 is 5.60 Å². The molecule has 0 fully saturated rings. The largest absolute Gasteiger partial charge is 0.496 e. The van der Waals surface area contributed by atoms with Crippen LogP contribution in [0, 0.1) is 0 Å². The molecule has 7 aromatic rings. The molecule has 0 saturated heterocycles. The van der Waals surface area contributed by atoms with Crippen LogP contribution in [0.1, 0.15) is 23.6 Å². The van der Waals surface area contributed by atoms with E-state index in [1.54, 1.807) is 18.4 Å². The second-order valence-electron chi connectivity index (χ2n) is 11.4. The first-order valence-corrected chi connectivity index (χ1v) is 16.0. The average Bonchev–Trinajstić information content (AvgIpc) is 3.08. The molecule has 2 heterocycles. The Morgan fingerprint density at radius 1 is 0.689 bits per heavy atom. The molecule has 0 aliphatic carbocycles. The van der Waals surface area contributed by atoms with Gasteiger partial charge in [-0.25, -0.2) is 0 Å². The predicted molar refractivity (Wildman–Crippen MR) is 188 cm³/mol. The van der Waals surface area contributed by atoms with Crippen molar-refractivity contribution in [1.82, 2.24) is 0 Å². The van der Waals surface area contributed by atoms with Gasteiger partial charge in [0.15, 0.2) is 11.0 Å². The minimum absolute atomic E-state index is 0.0678. The van der Waals surface area contributed by atoms with Gasteiger partial charge in [-0.3, -0.25) is 4.79 Å². The third-order valence-corrected chi connectivity index (χ3v) is 10.2. The van der Waals surface area contributed by atoms with Crippen molar-refractivity contribution in [3.8, 4) is 22.6 Å². The molecule has 1 aliphatic heterocycles. The van der Waals surface area contributed by atoms with Crippen molar-refractivity contribution >= 4 is 59.5 Å². The van der Waals surface area contributed by atoms with E-state index in [4.69, 9.17) is 21.1 Å². The number of hydrogen-bond donors (Lipinski definition) is 0. The average molecular weight is 623 g/mol. The fourth-order valence-electron chi connectivity index (χ4n) is 6.50. The van der Waals surface area contributed by atoms with Gasteiger partial charge >= 0.3 is 0 Å². The molecule has 8 rings (SSSR count). The number of rotatable bonds is 4. The highest BCUT2D eigenvalue weighted by Crippen LogP contribution is 2.50. The number of methoxy groups -OCH3 is 1. The summed E-state index contributed by atoms with van der Waals surface area (Å²) < 4.78 is 14.9. The summed E-state index contributed by atoms with van der Waals surface area (Å²) in [5.74, 6) is 1.63. The van der Waals surface area contributed by atoms with Gasteiger partial charge in [-0.15, -0.1) is 11.3 Å². The molecule has 1 aromatic heterocycles. The van der Waals surface area contributed by atoms with Gasteiger partial charge in [-0.1, -0.05) is 90.5 Å². The minimum atomic E-state index is -0.899. The van der Waals surface area contributed by atoms with Crippen molar-refractivity contribution in [1.29, 1.82) is 0 Å². The Bertz CT molecular complexity index is 2370. The van der Waals surface area contributed by atoms with Crippen molar-refractivity contribution in [2.24, 2.45) is 0 Å². The molecule has 0 N–H and O–H groups in total. The van der Waals surface area contributed by atoms with E-state index in [9.17, 15) is 4.79 Å². The van der Waals surface area contributed by atoms with E-state index in [0.717, 1.165) is 75.8 Å². The van der Waals surface area contributed by atoms with Crippen LogP contribution in [0.25, 0.3) is 47.6 Å². The number of benzene rings is 6. The third-order valence-electron chi connectivity index (χ3n) is 8.78. The van der Waals surface area contributed by atoms with Crippen molar-refractivity contribution in [2.75, 3.05) is 7.11 Å². The first kappa shape index (κ1) is 27.6. The molecular formula is C40H27ClO3S. The minimum Gasteiger partial charge on any atom is -0.496 e. The Kier molecular flexibility index (Phi) is 6.52. The van der Waals surface area contributed by atoms with E-state index in [2.05, 4.69) is 67.6 Å². The van der Waals surface area contributed by atoms with Gasteiger partial charge < -0.3 is 9.47 Å². The highest BCUT2D eigenvalue weighted by molar-refractivity contribution is 7.24. The molecule has 0 saturated carbocycles. The predicted octanol–water partition coefficient (Wildman–Crippen LogP) is 10.6. The Labute approximate surface area is 269 Å². The Morgan fingerprint density at radius 2 is 1.31 bits per heavy atom. The summed E-state index contributed by atoms with van der Waals surface area (Å²) in [6.07, 6.45) is 2.19. The van der Waals surface area contributed by atoms with Crippen LogP contribution in [0.3, 0.4) is 0 Å². The number of hydrogen-bond acceptors (Lipinski definition) is 4. The highest BCUT2D eigenvalue weighted by Gasteiger charge is 2.39. The maximum absolute atomic E-state index is 13.4. The molecule has 5 heteroatoms. The van der Waals surface area contributed by atoms with Gasteiger partial charge in [0.1, 0.15) is 11.5 Å². The van der Waals surface area contributed by atoms with Crippen LogP contribution in [0.5, 0.6) is 11.5 Å². The van der Waals surface area contributed by atoms with E-state index in [0.29, 0.717) is 5.02 Å². The first-order chi connectivity index (χ1) is 21.9. The molecule has 0 spiro atoms. The topological polar surface area (TPSA) is 35.5 Å². The Balaban J connectivity index is 1.28.